The lowest BCUT2D eigenvalue weighted by molar-refractivity contribution is -0.128. The maximum Gasteiger partial charge on any atom is 0.238 e. The molecule has 3 N–H and O–H groups in total. The second-order valence-corrected chi connectivity index (χ2v) is 7.33. The average molecular weight is 310 g/mol. The van der Waals surface area contributed by atoms with Gasteiger partial charge in [-0.3, -0.25) is 4.79 Å². The highest BCUT2D eigenvalue weighted by Crippen LogP contribution is 2.26. The normalized spacial score (nSPS) is 17.0. The van der Waals surface area contributed by atoms with E-state index in [1.165, 1.54) is 12.1 Å². The summed E-state index contributed by atoms with van der Waals surface area (Å²) in [6.45, 7) is 2.00. The monoisotopic (exact) mass is 310 g/mol. The molecule has 1 aromatic carbocycles. The Morgan fingerprint density at radius 2 is 1.95 bits per heavy atom. The molecule has 116 valence electrons. The average Bonchev–Trinajstić information content (AvgIpc) is 2.33. The number of aryl methyl sites for hydroxylation is 1. The minimum Gasteiger partial charge on any atom is -0.353 e. The van der Waals surface area contributed by atoms with Crippen molar-refractivity contribution in [2.75, 3.05) is 0 Å². The molecule has 6 heteroatoms. The number of carbonyl (C=O) groups is 1. The summed E-state index contributed by atoms with van der Waals surface area (Å²) in [5.74, 6) is 0.375. The van der Waals surface area contributed by atoms with E-state index in [0.717, 1.165) is 37.7 Å². The van der Waals surface area contributed by atoms with E-state index in [9.17, 15) is 13.2 Å². The molecule has 0 saturated heterocycles. The lowest BCUT2D eigenvalue weighted by Crippen LogP contribution is -2.39. The maximum atomic E-state index is 11.8. The number of hydrogen-bond acceptors (Lipinski definition) is 3. The van der Waals surface area contributed by atoms with Crippen LogP contribution in [0.5, 0.6) is 0 Å². The number of carbonyl (C=O) groups excluding carboxylic acids is 1. The van der Waals surface area contributed by atoms with Crippen molar-refractivity contribution in [3.05, 3.63) is 29.8 Å². The van der Waals surface area contributed by atoms with E-state index in [4.69, 9.17) is 5.14 Å². The lowest BCUT2D eigenvalue weighted by atomic mass is 9.84. The van der Waals surface area contributed by atoms with Crippen LogP contribution in [0.4, 0.5) is 0 Å². The van der Waals surface area contributed by atoms with Crippen LogP contribution in [-0.2, 0) is 21.2 Å². The fourth-order valence-electron chi connectivity index (χ4n) is 2.33. The molecule has 1 aromatic rings. The summed E-state index contributed by atoms with van der Waals surface area (Å²) in [5, 5.41) is 8.09. The van der Waals surface area contributed by atoms with Crippen LogP contribution >= 0.6 is 0 Å². The lowest BCUT2D eigenvalue weighted by Gasteiger charge is -2.26. The third kappa shape index (κ3) is 4.54. The molecule has 0 heterocycles. The van der Waals surface area contributed by atoms with Crippen molar-refractivity contribution in [3.8, 4) is 0 Å². The van der Waals surface area contributed by atoms with Gasteiger partial charge < -0.3 is 5.32 Å². The molecule has 0 radical (unpaired) electrons. The van der Waals surface area contributed by atoms with E-state index in [0.29, 0.717) is 0 Å². The standard InChI is InChI=1S/C15H22N2O3S/c1-11(17-15(18)13-3-2-4-13)5-6-12-7-9-14(10-8-12)21(16,19)20/h7-11,13H,2-6H2,1H3,(H,17,18)(H2,16,19,20). The Balaban J connectivity index is 1.80. The fourth-order valence-corrected chi connectivity index (χ4v) is 2.85. The molecule has 1 fully saturated rings. The van der Waals surface area contributed by atoms with Gasteiger partial charge in [0.25, 0.3) is 0 Å². The highest BCUT2D eigenvalue weighted by molar-refractivity contribution is 7.89. The number of hydrogen-bond donors (Lipinski definition) is 2. The maximum absolute atomic E-state index is 11.8. The van der Waals surface area contributed by atoms with Crippen LogP contribution in [-0.4, -0.2) is 20.4 Å². The van der Waals surface area contributed by atoms with E-state index in [1.807, 2.05) is 6.92 Å². The van der Waals surface area contributed by atoms with Crippen molar-refractivity contribution in [1.29, 1.82) is 0 Å². The number of nitrogens with two attached hydrogens (primary N) is 1. The fraction of sp³-hybridized carbons (Fsp3) is 0.533. The van der Waals surface area contributed by atoms with Crippen LogP contribution in [0.25, 0.3) is 0 Å². The molecule has 1 saturated carbocycles. The second kappa shape index (κ2) is 6.58. The predicted octanol–water partition coefficient (Wildman–Crippen LogP) is 1.57. The van der Waals surface area contributed by atoms with Gasteiger partial charge in [-0.2, -0.15) is 0 Å². The van der Waals surface area contributed by atoms with Gasteiger partial charge in [0.2, 0.25) is 15.9 Å². The van der Waals surface area contributed by atoms with Gasteiger partial charge in [-0.1, -0.05) is 18.6 Å². The smallest absolute Gasteiger partial charge is 0.238 e. The van der Waals surface area contributed by atoms with Crippen molar-refractivity contribution >= 4 is 15.9 Å². The van der Waals surface area contributed by atoms with Crippen LogP contribution in [0.15, 0.2) is 29.2 Å². The first-order valence-electron chi connectivity index (χ1n) is 7.28. The van der Waals surface area contributed by atoms with Crippen LogP contribution < -0.4 is 10.5 Å². The van der Waals surface area contributed by atoms with Crippen molar-refractivity contribution in [3.63, 3.8) is 0 Å². The molecule has 0 bridgehead atoms. The van der Waals surface area contributed by atoms with Gasteiger partial charge >= 0.3 is 0 Å². The summed E-state index contributed by atoms with van der Waals surface area (Å²) >= 11 is 0. The van der Waals surface area contributed by atoms with E-state index in [-0.39, 0.29) is 22.8 Å². The molecule has 0 aliphatic heterocycles. The summed E-state index contributed by atoms with van der Waals surface area (Å²) in [7, 11) is -3.63. The molecule has 0 spiro atoms. The van der Waals surface area contributed by atoms with Crippen molar-refractivity contribution in [2.24, 2.45) is 11.1 Å². The summed E-state index contributed by atoms with van der Waals surface area (Å²) in [6.07, 6.45) is 4.79. The summed E-state index contributed by atoms with van der Waals surface area (Å²) in [5.41, 5.74) is 1.03. The van der Waals surface area contributed by atoms with Crippen molar-refractivity contribution < 1.29 is 13.2 Å². The molecule has 21 heavy (non-hydrogen) atoms. The third-order valence-electron chi connectivity index (χ3n) is 3.98. The number of primary sulfonamides is 1. The van der Waals surface area contributed by atoms with E-state index in [1.54, 1.807) is 12.1 Å². The number of benzene rings is 1. The Morgan fingerprint density at radius 1 is 1.33 bits per heavy atom. The van der Waals surface area contributed by atoms with Gasteiger partial charge in [0.05, 0.1) is 4.90 Å². The first kappa shape index (κ1) is 16.0. The number of amides is 1. The Kier molecular flexibility index (Phi) is 5.00. The van der Waals surface area contributed by atoms with Crippen molar-refractivity contribution in [2.45, 2.75) is 50.0 Å². The summed E-state index contributed by atoms with van der Waals surface area (Å²) < 4.78 is 22.3. The first-order valence-corrected chi connectivity index (χ1v) is 8.83. The Bertz CT molecular complexity index is 592. The van der Waals surface area contributed by atoms with Crippen LogP contribution in [0.3, 0.4) is 0 Å². The van der Waals surface area contributed by atoms with Crippen LogP contribution in [0.1, 0.15) is 38.2 Å². The molecule has 0 aromatic heterocycles. The van der Waals surface area contributed by atoms with E-state index in [2.05, 4.69) is 5.32 Å². The number of nitrogens with one attached hydrogen (secondary N) is 1. The quantitative estimate of drug-likeness (QED) is 0.836. The van der Waals surface area contributed by atoms with Gasteiger partial charge in [-0.25, -0.2) is 13.6 Å². The van der Waals surface area contributed by atoms with Crippen molar-refractivity contribution in [1.82, 2.24) is 5.32 Å². The highest BCUT2D eigenvalue weighted by atomic mass is 32.2. The minimum absolute atomic E-state index is 0.121. The second-order valence-electron chi connectivity index (χ2n) is 5.77. The van der Waals surface area contributed by atoms with Gasteiger partial charge in [-0.05, 0) is 50.3 Å². The molecule has 2 rings (SSSR count). The Labute approximate surface area is 126 Å². The highest BCUT2D eigenvalue weighted by Gasteiger charge is 2.25. The molecular formula is C15H22N2O3S. The van der Waals surface area contributed by atoms with E-state index < -0.39 is 10.0 Å². The molecule has 1 unspecified atom stereocenters. The number of rotatable bonds is 6. The number of sulfonamides is 1. The topological polar surface area (TPSA) is 89.3 Å². The molecule has 1 aliphatic rings. The first-order chi connectivity index (χ1) is 9.86. The van der Waals surface area contributed by atoms with Gasteiger partial charge in [-0.15, -0.1) is 0 Å². The zero-order chi connectivity index (χ0) is 15.5. The Hall–Kier alpha value is -1.40. The molecule has 1 atom stereocenters. The van der Waals surface area contributed by atoms with Gasteiger partial charge in [0.1, 0.15) is 0 Å². The largest absolute Gasteiger partial charge is 0.353 e. The molecule has 5 nitrogen and oxygen atoms in total. The van der Waals surface area contributed by atoms with E-state index >= 15 is 0 Å². The van der Waals surface area contributed by atoms with Crippen LogP contribution in [0.2, 0.25) is 0 Å². The molecular weight excluding hydrogens is 288 g/mol. The minimum atomic E-state index is -3.63. The molecule has 1 aliphatic carbocycles. The zero-order valence-electron chi connectivity index (χ0n) is 12.2. The van der Waals surface area contributed by atoms with Gasteiger partial charge in [0, 0.05) is 12.0 Å². The molecule has 1 amide bonds. The predicted molar refractivity (Wildman–Crippen MR) is 81.1 cm³/mol. The SMILES string of the molecule is CC(CCc1ccc(S(N)(=O)=O)cc1)NC(=O)C1CCC1. The zero-order valence-corrected chi connectivity index (χ0v) is 13.0. The summed E-state index contributed by atoms with van der Waals surface area (Å²) in [6, 6.07) is 6.68. The van der Waals surface area contributed by atoms with Crippen LogP contribution in [0, 0.1) is 5.92 Å². The third-order valence-corrected chi connectivity index (χ3v) is 4.91. The Morgan fingerprint density at radius 3 is 2.43 bits per heavy atom. The van der Waals surface area contributed by atoms with Gasteiger partial charge in [0.15, 0.2) is 0 Å². The summed E-state index contributed by atoms with van der Waals surface area (Å²) in [4.78, 5) is 11.9.